The smallest absolute Gasteiger partial charge is 0.260 e. The molecule has 1 aromatic carbocycles. The maximum atomic E-state index is 12.9. The van der Waals surface area contributed by atoms with Gasteiger partial charge in [-0.2, -0.15) is 0 Å². The maximum absolute atomic E-state index is 12.9. The molecule has 1 saturated heterocycles. The lowest BCUT2D eigenvalue weighted by Crippen LogP contribution is -2.25. The van der Waals surface area contributed by atoms with E-state index >= 15 is 0 Å². The summed E-state index contributed by atoms with van der Waals surface area (Å²) in [6.45, 7) is 2.78. The van der Waals surface area contributed by atoms with Crippen LogP contribution < -0.4 is 15.0 Å². The van der Waals surface area contributed by atoms with E-state index < -0.39 is 0 Å². The third-order valence-corrected chi connectivity index (χ3v) is 7.72. The predicted molar refractivity (Wildman–Crippen MR) is 123 cm³/mol. The molecule has 6 rings (SSSR count). The molecule has 3 aromatic heterocycles. The Hall–Kier alpha value is -2.68. The fourth-order valence-electron chi connectivity index (χ4n) is 4.53. The molecule has 158 valence electrons. The van der Waals surface area contributed by atoms with E-state index in [1.807, 2.05) is 29.0 Å². The molecule has 0 bridgehead atoms. The van der Waals surface area contributed by atoms with Crippen molar-refractivity contribution in [2.45, 2.75) is 25.4 Å². The molecule has 5 heterocycles. The molecule has 6 nitrogen and oxygen atoms in total. The van der Waals surface area contributed by atoms with Crippen molar-refractivity contribution in [1.82, 2.24) is 14.9 Å². The number of nitrogens with zero attached hydrogens (tertiary/aromatic N) is 2. The highest BCUT2D eigenvalue weighted by Crippen LogP contribution is 2.39. The van der Waals surface area contributed by atoms with E-state index in [2.05, 4.69) is 22.0 Å². The first kappa shape index (κ1) is 19.0. The third kappa shape index (κ3) is 3.44. The number of fused-ring (bicyclic) bond motifs is 2. The van der Waals surface area contributed by atoms with Crippen molar-refractivity contribution in [2.75, 3.05) is 19.8 Å². The van der Waals surface area contributed by atoms with Crippen LogP contribution in [0.4, 0.5) is 0 Å². The Balaban J connectivity index is 1.29. The highest BCUT2D eigenvalue weighted by molar-refractivity contribution is 7.18. The molecule has 0 radical (unpaired) electrons. The summed E-state index contributed by atoms with van der Waals surface area (Å²) in [4.78, 5) is 25.1. The molecular formula is C23H21N3O3S2. The molecule has 1 N–H and O–H groups in total. The van der Waals surface area contributed by atoms with Gasteiger partial charge in [-0.15, -0.1) is 22.7 Å². The van der Waals surface area contributed by atoms with Gasteiger partial charge in [0.05, 0.1) is 11.9 Å². The second kappa shape index (κ2) is 7.78. The molecule has 0 unspecified atom stereocenters. The molecule has 2 aliphatic rings. The molecule has 0 aliphatic carbocycles. The molecular weight excluding hydrogens is 430 g/mol. The van der Waals surface area contributed by atoms with Crippen LogP contribution in [0.2, 0.25) is 0 Å². The minimum atomic E-state index is -0.0558. The lowest BCUT2D eigenvalue weighted by atomic mass is 10.0. The normalized spacial score (nSPS) is 18.6. The zero-order chi connectivity index (χ0) is 20.8. The van der Waals surface area contributed by atoms with Gasteiger partial charge >= 0.3 is 0 Å². The van der Waals surface area contributed by atoms with Gasteiger partial charge in [0, 0.05) is 21.9 Å². The molecule has 31 heavy (non-hydrogen) atoms. The zero-order valence-corrected chi connectivity index (χ0v) is 18.4. The summed E-state index contributed by atoms with van der Waals surface area (Å²) in [5, 5.41) is 4.76. The zero-order valence-electron chi connectivity index (χ0n) is 16.8. The Morgan fingerprint density at radius 2 is 2.06 bits per heavy atom. The highest BCUT2D eigenvalue weighted by atomic mass is 32.1. The summed E-state index contributed by atoms with van der Waals surface area (Å²) < 4.78 is 11.4. The van der Waals surface area contributed by atoms with Gasteiger partial charge in [-0.05, 0) is 48.5 Å². The van der Waals surface area contributed by atoms with Crippen LogP contribution in [0.3, 0.4) is 0 Å². The monoisotopic (exact) mass is 451 g/mol. The number of thiophene rings is 2. The number of H-pyrrole nitrogens is 1. The van der Waals surface area contributed by atoms with Crippen LogP contribution in [0.15, 0.2) is 45.9 Å². The molecule has 0 saturated carbocycles. The van der Waals surface area contributed by atoms with E-state index in [1.54, 1.807) is 11.3 Å². The van der Waals surface area contributed by atoms with E-state index in [-0.39, 0.29) is 11.6 Å². The first-order chi connectivity index (χ1) is 15.3. The van der Waals surface area contributed by atoms with Gasteiger partial charge in [0.15, 0.2) is 11.5 Å². The van der Waals surface area contributed by atoms with Crippen molar-refractivity contribution in [1.29, 1.82) is 0 Å². The molecule has 0 amide bonds. The number of nitrogens with one attached hydrogen (secondary N) is 1. The number of aromatic nitrogens is 2. The van der Waals surface area contributed by atoms with Crippen molar-refractivity contribution < 1.29 is 9.47 Å². The van der Waals surface area contributed by atoms with Gasteiger partial charge in [0.2, 0.25) is 0 Å². The first-order valence-corrected chi connectivity index (χ1v) is 12.2. The molecule has 1 atom stereocenters. The van der Waals surface area contributed by atoms with Gasteiger partial charge in [-0.1, -0.05) is 12.1 Å². The second-order valence-electron chi connectivity index (χ2n) is 7.85. The minimum absolute atomic E-state index is 0.0558. The van der Waals surface area contributed by atoms with Crippen LogP contribution in [-0.4, -0.2) is 34.6 Å². The van der Waals surface area contributed by atoms with E-state index in [0.29, 0.717) is 25.1 Å². The average molecular weight is 452 g/mol. The fourth-order valence-corrected chi connectivity index (χ4v) is 6.32. The highest BCUT2D eigenvalue weighted by Gasteiger charge is 2.28. The van der Waals surface area contributed by atoms with E-state index in [9.17, 15) is 4.79 Å². The molecule has 0 spiro atoms. The maximum Gasteiger partial charge on any atom is 0.260 e. The topological polar surface area (TPSA) is 67.5 Å². The Morgan fingerprint density at radius 3 is 2.94 bits per heavy atom. The van der Waals surface area contributed by atoms with Gasteiger partial charge < -0.3 is 14.5 Å². The third-order valence-electron chi connectivity index (χ3n) is 5.95. The number of ether oxygens (including phenoxy) is 2. The SMILES string of the molecule is O=c1[nH]c(CN2CCC[C@H]2c2ccc3c(c2)OCCO3)nc2scc(-c3cccs3)c12. The van der Waals surface area contributed by atoms with Crippen LogP contribution >= 0.6 is 22.7 Å². The number of rotatable bonds is 4. The van der Waals surface area contributed by atoms with Crippen LogP contribution in [0.1, 0.15) is 30.3 Å². The number of benzene rings is 1. The summed E-state index contributed by atoms with van der Waals surface area (Å²) in [5.41, 5.74) is 2.15. The Labute approximate surface area is 187 Å². The van der Waals surface area contributed by atoms with Gasteiger partial charge in [-0.25, -0.2) is 4.98 Å². The minimum Gasteiger partial charge on any atom is -0.486 e. The van der Waals surface area contributed by atoms with Crippen LogP contribution in [0.25, 0.3) is 20.7 Å². The first-order valence-electron chi connectivity index (χ1n) is 10.4. The number of hydrogen-bond acceptors (Lipinski definition) is 7. The van der Waals surface area contributed by atoms with E-state index in [4.69, 9.17) is 14.5 Å². The second-order valence-corrected chi connectivity index (χ2v) is 9.66. The summed E-state index contributed by atoms with van der Waals surface area (Å²) in [5.74, 6) is 2.36. The number of likely N-dealkylation sites (tertiary alicyclic amines) is 1. The Kier molecular flexibility index (Phi) is 4.78. The van der Waals surface area contributed by atoms with Crippen molar-refractivity contribution in [2.24, 2.45) is 0 Å². The standard InChI is InChI=1S/C23H21N3O3S2/c27-22-21-15(19-4-2-10-30-19)13-31-23(21)25-20(24-22)12-26-7-1-3-16(26)14-5-6-17-18(11-14)29-9-8-28-17/h2,4-6,10-11,13,16H,1,3,7-9,12H2,(H,24,25,27)/t16-/m0/s1. The number of hydrogen-bond donors (Lipinski definition) is 1. The van der Waals surface area contributed by atoms with E-state index in [1.165, 1.54) is 16.9 Å². The Bertz CT molecular complexity index is 1300. The van der Waals surface area contributed by atoms with Crippen LogP contribution in [-0.2, 0) is 6.54 Å². The fraction of sp³-hybridized carbons (Fsp3) is 0.304. The average Bonchev–Trinajstić information content (AvgIpc) is 3.54. The lowest BCUT2D eigenvalue weighted by Gasteiger charge is -2.26. The lowest BCUT2D eigenvalue weighted by molar-refractivity contribution is 0.170. The van der Waals surface area contributed by atoms with Crippen molar-refractivity contribution in [3.8, 4) is 21.9 Å². The Morgan fingerprint density at radius 1 is 1.16 bits per heavy atom. The molecule has 8 heteroatoms. The summed E-state index contributed by atoms with van der Waals surface area (Å²) in [6.07, 6.45) is 2.20. The van der Waals surface area contributed by atoms with Crippen molar-refractivity contribution >= 4 is 32.9 Å². The van der Waals surface area contributed by atoms with Crippen LogP contribution in [0, 0.1) is 0 Å². The van der Waals surface area contributed by atoms with Gasteiger partial charge in [-0.3, -0.25) is 9.69 Å². The van der Waals surface area contributed by atoms with E-state index in [0.717, 1.165) is 52.0 Å². The van der Waals surface area contributed by atoms with Crippen molar-refractivity contribution in [3.63, 3.8) is 0 Å². The van der Waals surface area contributed by atoms with Crippen LogP contribution in [0.5, 0.6) is 11.5 Å². The van der Waals surface area contributed by atoms with Crippen molar-refractivity contribution in [3.05, 3.63) is 62.8 Å². The summed E-state index contributed by atoms with van der Waals surface area (Å²) in [6, 6.07) is 10.6. The number of aromatic amines is 1. The van der Waals surface area contributed by atoms with Gasteiger partial charge in [0.1, 0.15) is 23.9 Å². The van der Waals surface area contributed by atoms with Gasteiger partial charge in [0.25, 0.3) is 5.56 Å². The largest absolute Gasteiger partial charge is 0.486 e. The molecule has 4 aromatic rings. The molecule has 1 fully saturated rings. The summed E-state index contributed by atoms with van der Waals surface area (Å²) in [7, 11) is 0. The quantitative estimate of drug-likeness (QED) is 0.482. The summed E-state index contributed by atoms with van der Waals surface area (Å²) >= 11 is 3.18. The molecule has 2 aliphatic heterocycles. The predicted octanol–water partition coefficient (Wildman–Crippen LogP) is 4.82.